The van der Waals surface area contributed by atoms with Crippen molar-refractivity contribution >= 4 is 23.6 Å². The first kappa shape index (κ1) is 17.3. The average Bonchev–Trinajstić information content (AvgIpc) is 2.95. The van der Waals surface area contributed by atoms with E-state index in [2.05, 4.69) is 18.2 Å². The van der Waals surface area contributed by atoms with Gasteiger partial charge in [-0.05, 0) is 30.9 Å². The minimum absolute atomic E-state index is 0.0884. The first-order valence-corrected chi connectivity index (χ1v) is 9.53. The summed E-state index contributed by atoms with van der Waals surface area (Å²) in [5.41, 5.74) is 2.34. The number of likely N-dealkylation sites (tertiary alicyclic amines) is 1. The smallest absolute Gasteiger partial charge is 0.315 e. The Morgan fingerprint density at radius 3 is 2.75 bits per heavy atom. The maximum atomic E-state index is 12.3. The van der Waals surface area contributed by atoms with Crippen molar-refractivity contribution in [2.24, 2.45) is 0 Å². The first-order chi connectivity index (χ1) is 11.6. The number of carbonyl (C=O) groups is 2. The molecule has 1 saturated heterocycles. The van der Waals surface area contributed by atoms with Crippen LogP contribution in [0.3, 0.4) is 0 Å². The quantitative estimate of drug-likeness (QED) is 0.764. The van der Waals surface area contributed by atoms with Crippen LogP contribution in [0.15, 0.2) is 24.3 Å². The number of hydrogen-bond acceptors (Lipinski definition) is 5. The molecule has 1 amide bonds. The molecule has 0 unspecified atom stereocenters. The Hall–Kier alpha value is -1.53. The summed E-state index contributed by atoms with van der Waals surface area (Å²) in [7, 11) is 0. The Morgan fingerprint density at radius 2 is 2.00 bits per heavy atom. The third-order valence-corrected chi connectivity index (χ3v) is 5.58. The second-order valence-corrected chi connectivity index (χ2v) is 7.10. The van der Waals surface area contributed by atoms with Gasteiger partial charge in [-0.2, -0.15) is 0 Å². The van der Waals surface area contributed by atoms with E-state index in [4.69, 9.17) is 9.47 Å². The third kappa shape index (κ3) is 3.59. The molecule has 1 fully saturated rings. The van der Waals surface area contributed by atoms with E-state index < -0.39 is 0 Å². The lowest BCUT2D eigenvalue weighted by Gasteiger charge is -2.39. The van der Waals surface area contributed by atoms with E-state index in [1.165, 1.54) is 22.9 Å². The standard InChI is InChI=1S/C18H23NO4S/c1-2-22-17(21)13-24-12-16(20)19-9-7-18(8-10-19)15-6-4-3-5-14(15)11-23-18/h3-6H,2,7-13H2,1H3. The number of esters is 1. The number of hydrogen-bond donors (Lipinski definition) is 0. The summed E-state index contributed by atoms with van der Waals surface area (Å²) in [6.07, 6.45) is 1.66. The minimum atomic E-state index is -0.260. The maximum absolute atomic E-state index is 12.3. The Balaban J connectivity index is 1.49. The van der Waals surface area contributed by atoms with Crippen molar-refractivity contribution in [3.05, 3.63) is 35.4 Å². The van der Waals surface area contributed by atoms with Crippen molar-refractivity contribution in [3.8, 4) is 0 Å². The van der Waals surface area contributed by atoms with Gasteiger partial charge < -0.3 is 14.4 Å². The van der Waals surface area contributed by atoms with Crippen molar-refractivity contribution in [3.63, 3.8) is 0 Å². The molecular formula is C18H23NO4S. The van der Waals surface area contributed by atoms with Crippen LogP contribution < -0.4 is 0 Å². The predicted octanol–water partition coefficient (Wildman–Crippen LogP) is 2.33. The van der Waals surface area contributed by atoms with Crippen molar-refractivity contribution in [2.75, 3.05) is 31.2 Å². The number of rotatable bonds is 5. The second kappa shape index (κ2) is 7.57. The highest BCUT2D eigenvalue weighted by atomic mass is 32.2. The van der Waals surface area contributed by atoms with Crippen LogP contribution in [-0.2, 0) is 31.3 Å². The van der Waals surface area contributed by atoms with Crippen LogP contribution in [0.5, 0.6) is 0 Å². The molecule has 24 heavy (non-hydrogen) atoms. The fourth-order valence-corrected chi connectivity index (χ4v) is 4.14. The molecule has 130 valence electrons. The van der Waals surface area contributed by atoms with Gasteiger partial charge in [0.1, 0.15) is 0 Å². The molecule has 0 radical (unpaired) electrons. The number of thioether (sulfide) groups is 1. The number of ether oxygens (including phenoxy) is 2. The van der Waals surface area contributed by atoms with Crippen LogP contribution in [0.2, 0.25) is 0 Å². The highest BCUT2D eigenvalue weighted by Gasteiger charge is 2.42. The van der Waals surface area contributed by atoms with Gasteiger partial charge in [-0.1, -0.05) is 24.3 Å². The summed E-state index contributed by atoms with van der Waals surface area (Å²) >= 11 is 1.32. The highest BCUT2D eigenvalue weighted by molar-refractivity contribution is 8.00. The number of carbonyl (C=O) groups excluding carboxylic acids is 2. The molecule has 0 atom stereocenters. The second-order valence-electron chi connectivity index (χ2n) is 6.12. The number of piperidine rings is 1. The van der Waals surface area contributed by atoms with Crippen LogP contribution in [-0.4, -0.2) is 48.0 Å². The molecule has 3 rings (SSSR count). The lowest BCUT2D eigenvalue weighted by atomic mass is 9.84. The van der Waals surface area contributed by atoms with Crippen LogP contribution in [0.1, 0.15) is 30.9 Å². The highest BCUT2D eigenvalue weighted by Crippen LogP contribution is 2.43. The largest absolute Gasteiger partial charge is 0.465 e. The van der Waals surface area contributed by atoms with Crippen LogP contribution in [0.4, 0.5) is 0 Å². The summed E-state index contributed by atoms with van der Waals surface area (Å²) < 4.78 is 11.0. The van der Waals surface area contributed by atoms with Crippen molar-refractivity contribution in [2.45, 2.75) is 32.0 Å². The molecular weight excluding hydrogens is 326 g/mol. The Morgan fingerprint density at radius 1 is 1.25 bits per heavy atom. The molecule has 2 heterocycles. The molecule has 0 aromatic heterocycles. The molecule has 0 N–H and O–H groups in total. The molecule has 1 spiro atoms. The van der Waals surface area contributed by atoms with Gasteiger partial charge in [0.05, 0.1) is 30.3 Å². The topological polar surface area (TPSA) is 55.8 Å². The van der Waals surface area contributed by atoms with Gasteiger partial charge in [-0.15, -0.1) is 11.8 Å². The molecule has 0 saturated carbocycles. The van der Waals surface area contributed by atoms with E-state index in [9.17, 15) is 9.59 Å². The fourth-order valence-electron chi connectivity index (χ4n) is 3.43. The van der Waals surface area contributed by atoms with Gasteiger partial charge in [-0.3, -0.25) is 9.59 Å². The molecule has 5 nitrogen and oxygen atoms in total. The molecule has 2 aliphatic rings. The predicted molar refractivity (Wildman–Crippen MR) is 92.7 cm³/mol. The van der Waals surface area contributed by atoms with E-state index in [0.29, 0.717) is 32.1 Å². The Bertz CT molecular complexity index is 611. The summed E-state index contributed by atoms with van der Waals surface area (Å²) in [6.45, 7) is 4.23. The zero-order chi connectivity index (χ0) is 17.0. The monoisotopic (exact) mass is 349 g/mol. The van der Waals surface area contributed by atoms with E-state index >= 15 is 0 Å². The van der Waals surface area contributed by atoms with Gasteiger partial charge in [-0.25, -0.2) is 0 Å². The van der Waals surface area contributed by atoms with E-state index in [0.717, 1.165) is 12.8 Å². The first-order valence-electron chi connectivity index (χ1n) is 8.38. The van der Waals surface area contributed by atoms with Crippen molar-refractivity contribution in [1.29, 1.82) is 0 Å². The molecule has 0 aliphatic carbocycles. The normalized spacial score (nSPS) is 18.5. The molecule has 1 aromatic carbocycles. The molecule has 6 heteroatoms. The van der Waals surface area contributed by atoms with Crippen molar-refractivity contribution in [1.82, 2.24) is 4.90 Å². The van der Waals surface area contributed by atoms with E-state index in [1.54, 1.807) is 6.92 Å². The van der Waals surface area contributed by atoms with Crippen molar-refractivity contribution < 1.29 is 19.1 Å². The molecule has 0 bridgehead atoms. The van der Waals surface area contributed by atoms with Gasteiger partial charge in [0.2, 0.25) is 5.91 Å². The summed E-state index contributed by atoms with van der Waals surface area (Å²) in [5, 5.41) is 0. The summed E-state index contributed by atoms with van der Waals surface area (Å²) in [5.74, 6) is 0.381. The van der Waals surface area contributed by atoms with Gasteiger partial charge in [0.15, 0.2) is 0 Å². The van der Waals surface area contributed by atoms with Crippen LogP contribution in [0, 0.1) is 0 Å². The van der Waals surface area contributed by atoms with E-state index in [1.807, 2.05) is 11.0 Å². The fraction of sp³-hybridized carbons (Fsp3) is 0.556. The van der Waals surface area contributed by atoms with Gasteiger partial charge >= 0.3 is 5.97 Å². The Labute approximate surface area is 146 Å². The molecule has 2 aliphatic heterocycles. The van der Waals surface area contributed by atoms with Gasteiger partial charge in [0.25, 0.3) is 0 Å². The number of fused-ring (bicyclic) bond motifs is 2. The average molecular weight is 349 g/mol. The number of nitrogens with zero attached hydrogens (tertiary/aromatic N) is 1. The molecule has 1 aromatic rings. The zero-order valence-corrected chi connectivity index (χ0v) is 14.8. The number of amides is 1. The third-order valence-electron chi connectivity index (χ3n) is 4.69. The van der Waals surface area contributed by atoms with Crippen LogP contribution >= 0.6 is 11.8 Å². The Kier molecular flexibility index (Phi) is 5.46. The number of benzene rings is 1. The maximum Gasteiger partial charge on any atom is 0.315 e. The van der Waals surface area contributed by atoms with Crippen LogP contribution in [0.25, 0.3) is 0 Å². The van der Waals surface area contributed by atoms with Gasteiger partial charge in [0, 0.05) is 13.1 Å². The zero-order valence-electron chi connectivity index (χ0n) is 14.0. The summed E-state index contributed by atoms with van der Waals surface area (Å²) in [6, 6.07) is 8.36. The lowest BCUT2D eigenvalue weighted by molar-refractivity contribution is -0.139. The SMILES string of the molecule is CCOC(=O)CSCC(=O)N1CCC2(CC1)OCc1ccccc12. The minimum Gasteiger partial charge on any atom is -0.465 e. The lowest BCUT2D eigenvalue weighted by Crippen LogP contribution is -2.45. The van der Waals surface area contributed by atoms with E-state index in [-0.39, 0.29) is 23.2 Å². The summed E-state index contributed by atoms with van der Waals surface area (Å²) in [4.78, 5) is 25.5.